The summed E-state index contributed by atoms with van der Waals surface area (Å²) >= 11 is 0. The summed E-state index contributed by atoms with van der Waals surface area (Å²) in [6.45, 7) is 0.0928. The smallest absolute Gasteiger partial charge is 0.326 e. The summed E-state index contributed by atoms with van der Waals surface area (Å²) in [4.78, 5) is 76.3. The van der Waals surface area contributed by atoms with E-state index in [-0.39, 0.29) is 31.8 Å². The van der Waals surface area contributed by atoms with Crippen molar-refractivity contribution in [2.24, 2.45) is 27.9 Å². The van der Waals surface area contributed by atoms with Crippen LogP contribution in [0.5, 0.6) is 0 Å². The number of hydrogen-bond acceptors (Lipinski definition) is 8. The summed E-state index contributed by atoms with van der Waals surface area (Å²) in [7, 11) is 0. The van der Waals surface area contributed by atoms with Crippen LogP contribution in [0.1, 0.15) is 37.7 Å². The van der Waals surface area contributed by atoms with Crippen molar-refractivity contribution in [1.29, 1.82) is 0 Å². The first-order valence-corrected chi connectivity index (χ1v) is 12.3. The molecule has 0 fully saturated rings. The monoisotopic (exact) mass is 564 g/mol. The van der Waals surface area contributed by atoms with E-state index in [0.29, 0.717) is 5.56 Å². The van der Waals surface area contributed by atoms with Crippen molar-refractivity contribution in [2.75, 3.05) is 6.54 Å². The van der Waals surface area contributed by atoms with Gasteiger partial charge in [-0.25, -0.2) is 4.79 Å². The van der Waals surface area contributed by atoms with Crippen molar-refractivity contribution in [3.8, 4) is 0 Å². The molecule has 0 aliphatic carbocycles. The summed E-state index contributed by atoms with van der Waals surface area (Å²) in [5, 5.41) is 25.5. The maximum absolute atomic E-state index is 13.3. The van der Waals surface area contributed by atoms with Gasteiger partial charge >= 0.3 is 11.9 Å². The molecule has 4 amide bonds. The predicted molar refractivity (Wildman–Crippen MR) is 142 cm³/mol. The van der Waals surface area contributed by atoms with E-state index >= 15 is 0 Å². The number of aliphatic imine (C=N–C) groups is 1. The number of guanidine groups is 1. The molecule has 16 nitrogen and oxygen atoms in total. The molecule has 0 saturated heterocycles. The van der Waals surface area contributed by atoms with Gasteiger partial charge in [0.05, 0.1) is 12.5 Å². The lowest BCUT2D eigenvalue weighted by molar-refractivity contribution is -0.143. The zero-order chi connectivity index (χ0) is 30.2. The molecule has 0 aliphatic rings. The van der Waals surface area contributed by atoms with Crippen LogP contribution in [-0.4, -0.2) is 82.5 Å². The molecule has 13 N–H and O–H groups in total. The molecule has 1 rings (SSSR count). The van der Waals surface area contributed by atoms with Gasteiger partial charge in [-0.05, 0) is 24.8 Å². The molecule has 0 aromatic heterocycles. The van der Waals surface area contributed by atoms with Crippen LogP contribution in [0.25, 0.3) is 0 Å². The number of benzene rings is 1. The Labute approximate surface area is 229 Å². The highest BCUT2D eigenvalue weighted by molar-refractivity contribution is 5.95. The zero-order valence-electron chi connectivity index (χ0n) is 21.7. The van der Waals surface area contributed by atoms with E-state index in [2.05, 4.69) is 20.9 Å². The van der Waals surface area contributed by atoms with Crippen molar-refractivity contribution in [3.63, 3.8) is 0 Å². The molecule has 0 saturated carbocycles. The quantitative estimate of drug-likeness (QED) is 0.0488. The SMILES string of the molecule is NC(=O)CC(N)C(=O)NC(Cc1ccccc1)C(=O)NC(CCCN=C(N)N)C(=O)NC(CCC(=O)O)C(=O)O. The molecule has 1 aromatic rings. The second-order valence-corrected chi connectivity index (χ2v) is 8.87. The van der Waals surface area contributed by atoms with Crippen LogP contribution in [-0.2, 0) is 35.2 Å². The molecule has 1 aromatic carbocycles. The van der Waals surface area contributed by atoms with Gasteiger partial charge in [0.1, 0.15) is 18.1 Å². The van der Waals surface area contributed by atoms with Crippen molar-refractivity contribution >= 4 is 41.5 Å². The number of amides is 4. The highest BCUT2D eigenvalue weighted by Crippen LogP contribution is 2.08. The molecule has 0 aliphatic heterocycles. The molecule has 40 heavy (non-hydrogen) atoms. The standard InChI is InChI=1S/C24H36N8O8/c25-14(12-18(26)33)20(36)32-17(11-13-5-2-1-3-6-13)22(38)30-15(7-4-10-29-24(27)28)21(37)31-16(23(39)40)8-9-19(34)35/h1-3,5-6,14-17H,4,7-12,25H2,(H2,26,33)(H,30,38)(H,31,37)(H,32,36)(H,34,35)(H,39,40)(H4,27,28,29). The Morgan fingerprint density at radius 3 is 1.93 bits per heavy atom. The summed E-state index contributed by atoms with van der Waals surface area (Å²) in [5.74, 6) is -6.26. The number of primary amides is 1. The first-order valence-electron chi connectivity index (χ1n) is 12.3. The number of nitrogens with two attached hydrogens (primary N) is 4. The Morgan fingerprint density at radius 1 is 0.800 bits per heavy atom. The van der Waals surface area contributed by atoms with E-state index in [9.17, 15) is 33.9 Å². The minimum absolute atomic E-state index is 0.0135. The molecule has 16 heteroatoms. The fourth-order valence-corrected chi connectivity index (χ4v) is 3.49. The topological polar surface area (TPSA) is 295 Å². The number of hydrogen-bond donors (Lipinski definition) is 9. The minimum Gasteiger partial charge on any atom is -0.481 e. The minimum atomic E-state index is -1.53. The number of carboxylic acid groups (broad SMARTS) is 2. The third kappa shape index (κ3) is 13.2. The predicted octanol–water partition coefficient (Wildman–Crippen LogP) is -3.11. The van der Waals surface area contributed by atoms with Gasteiger partial charge < -0.3 is 49.1 Å². The van der Waals surface area contributed by atoms with E-state index < -0.39 is 79.0 Å². The van der Waals surface area contributed by atoms with Crippen LogP contribution in [0.2, 0.25) is 0 Å². The Hall–Kier alpha value is -4.73. The fourth-order valence-electron chi connectivity index (χ4n) is 3.49. The third-order valence-corrected chi connectivity index (χ3v) is 5.51. The normalized spacial score (nSPS) is 13.5. The van der Waals surface area contributed by atoms with E-state index in [0.717, 1.165) is 0 Å². The van der Waals surface area contributed by atoms with Crippen LogP contribution in [0.15, 0.2) is 35.3 Å². The molecule has 0 spiro atoms. The molecule has 4 atom stereocenters. The number of aliphatic carboxylic acids is 2. The van der Waals surface area contributed by atoms with Gasteiger partial charge in [-0.3, -0.25) is 29.0 Å². The molecule has 4 unspecified atom stereocenters. The largest absolute Gasteiger partial charge is 0.481 e. The number of carboxylic acids is 2. The maximum atomic E-state index is 13.3. The number of rotatable bonds is 18. The molecule has 0 radical (unpaired) electrons. The summed E-state index contributed by atoms with van der Waals surface area (Å²) < 4.78 is 0. The Bertz CT molecular complexity index is 1080. The first kappa shape index (κ1) is 33.3. The molecular formula is C24H36N8O8. The van der Waals surface area contributed by atoms with Gasteiger partial charge in [0.2, 0.25) is 23.6 Å². The van der Waals surface area contributed by atoms with Gasteiger partial charge in [-0.2, -0.15) is 0 Å². The van der Waals surface area contributed by atoms with Crippen molar-refractivity contribution in [2.45, 2.75) is 62.7 Å². The van der Waals surface area contributed by atoms with Crippen molar-refractivity contribution < 1.29 is 39.0 Å². The Balaban J connectivity index is 3.16. The lowest BCUT2D eigenvalue weighted by atomic mass is 10.0. The summed E-state index contributed by atoms with van der Waals surface area (Å²) in [5.41, 5.74) is 22.1. The van der Waals surface area contributed by atoms with Gasteiger partial charge in [0.25, 0.3) is 0 Å². The van der Waals surface area contributed by atoms with E-state index in [1.54, 1.807) is 30.3 Å². The van der Waals surface area contributed by atoms with Crippen LogP contribution >= 0.6 is 0 Å². The van der Waals surface area contributed by atoms with Crippen molar-refractivity contribution in [1.82, 2.24) is 16.0 Å². The second-order valence-electron chi connectivity index (χ2n) is 8.87. The van der Waals surface area contributed by atoms with E-state index in [4.69, 9.17) is 28.0 Å². The lowest BCUT2D eigenvalue weighted by Gasteiger charge is -2.25. The third-order valence-electron chi connectivity index (χ3n) is 5.51. The molecular weight excluding hydrogens is 528 g/mol. The maximum Gasteiger partial charge on any atom is 0.326 e. The number of nitrogens with one attached hydrogen (secondary N) is 3. The Kier molecular flexibility index (Phi) is 14.1. The molecule has 220 valence electrons. The van der Waals surface area contributed by atoms with Gasteiger partial charge in [-0.1, -0.05) is 30.3 Å². The van der Waals surface area contributed by atoms with E-state index in [1.807, 2.05) is 0 Å². The van der Waals surface area contributed by atoms with Crippen LogP contribution in [0, 0.1) is 0 Å². The first-order chi connectivity index (χ1) is 18.8. The van der Waals surface area contributed by atoms with E-state index in [1.165, 1.54) is 0 Å². The summed E-state index contributed by atoms with van der Waals surface area (Å²) in [6.07, 6.45) is -1.23. The van der Waals surface area contributed by atoms with Crippen LogP contribution in [0.3, 0.4) is 0 Å². The second kappa shape index (κ2) is 17.0. The summed E-state index contributed by atoms with van der Waals surface area (Å²) in [6, 6.07) is 3.18. The van der Waals surface area contributed by atoms with Crippen molar-refractivity contribution in [3.05, 3.63) is 35.9 Å². The highest BCUT2D eigenvalue weighted by atomic mass is 16.4. The Morgan fingerprint density at radius 2 is 1.38 bits per heavy atom. The van der Waals surface area contributed by atoms with Gasteiger partial charge in [-0.15, -0.1) is 0 Å². The lowest BCUT2D eigenvalue weighted by Crippen LogP contribution is -2.57. The molecule has 0 heterocycles. The van der Waals surface area contributed by atoms with Gasteiger partial charge in [0.15, 0.2) is 5.96 Å². The van der Waals surface area contributed by atoms with Crippen LogP contribution < -0.4 is 38.9 Å². The number of carbonyl (C=O) groups excluding carboxylic acids is 4. The van der Waals surface area contributed by atoms with Gasteiger partial charge in [0, 0.05) is 19.4 Å². The van der Waals surface area contributed by atoms with Crippen LogP contribution in [0.4, 0.5) is 0 Å². The fraction of sp³-hybridized carbons (Fsp3) is 0.458. The number of carbonyl (C=O) groups is 6. The highest BCUT2D eigenvalue weighted by Gasteiger charge is 2.30. The molecule has 0 bridgehead atoms. The number of nitrogens with zero attached hydrogens (tertiary/aromatic N) is 1. The average Bonchev–Trinajstić information content (AvgIpc) is 2.87. The zero-order valence-corrected chi connectivity index (χ0v) is 21.7. The average molecular weight is 565 g/mol.